The van der Waals surface area contributed by atoms with Crippen molar-refractivity contribution in [2.45, 2.75) is 25.3 Å². The summed E-state index contributed by atoms with van der Waals surface area (Å²) in [6.07, 6.45) is 3.08. The molecule has 1 aromatic carbocycles. The number of nitrogens with zero attached hydrogens (tertiary/aromatic N) is 2. The van der Waals surface area contributed by atoms with Crippen molar-refractivity contribution >= 4 is 15.9 Å². The number of nitrogens with one attached hydrogen (secondary N) is 1. The van der Waals surface area contributed by atoms with Crippen LogP contribution in [0.15, 0.2) is 30.3 Å². The second-order valence-corrected chi connectivity index (χ2v) is 7.27. The van der Waals surface area contributed by atoms with Crippen LogP contribution in [0.1, 0.15) is 19.3 Å². The molecule has 1 atom stereocenters. The van der Waals surface area contributed by atoms with E-state index >= 15 is 0 Å². The van der Waals surface area contributed by atoms with Gasteiger partial charge in [-0.1, -0.05) is 18.2 Å². The van der Waals surface area contributed by atoms with Gasteiger partial charge in [0.05, 0.1) is 5.69 Å². The maximum Gasteiger partial charge on any atom is 0.304 e. The average molecular weight is 295 g/mol. The summed E-state index contributed by atoms with van der Waals surface area (Å²) in [4.78, 5) is 0. The Morgan fingerprint density at radius 1 is 1.15 bits per heavy atom. The third-order valence-electron chi connectivity index (χ3n) is 4.00. The largest absolute Gasteiger partial charge is 0.313 e. The normalized spacial score (nSPS) is 26.8. The fourth-order valence-corrected chi connectivity index (χ4v) is 4.72. The lowest BCUT2D eigenvalue weighted by Gasteiger charge is -2.37. The summed E-state index contributed by atoms with van der Waals surface area (Å²) >= 11 is 0. The third kappa shape index (κ3) is 2.68. The first kappa shape index (κ1) is 13.9. The Kier molecular flexibility index (Phi) is 3.96. The summed E-state index contributed by atoms with van der Waals surface area (Å²) in [5, 5.41) is 3.37. The molecular weight excluding hydrogens is 274 g/mol. The molecule has 0 aliphatic carbocycles. The number of rotatable bonds is 3. The Hall–Kier alpha value is -1.11. The standard InChI is InChI=1S/C14H21N3O2S/c18-20(19)16(12-13-6-4-9-15-13)10-5-11-17(20)14-7-2-1-3-8-14/h1-3,7-8,13,15H,4-6,9-12H2. The van der Waals surface area contributed by atoms with E-state index < -0.39 is 10.2 Å². The minimum Gasteiger partial charge on any atom is -0.313 e. The first-order chi connectivity index (χ1) is 9.68. The molecule has 0 bridgehead atoms. The quantitative estimate of drug-likeness (QED) is 0.911. The molecule has 1 N–H and O–H groups in total. The van der Waals surface area contributed by atoms with Gasteiger partial charge in [0.1, 0.15) is 0 Å². The van der Waals surface area contributed by atoms with Gasteiger partial charge in [0, 0.05) is 25.7 Å². The summed E-state index contributed by atoms with van der Waals surface area (Å²) in [6.45, 7) is 2.79. The van der Waals surface area contributed by atoms with Crippen molar-refractivity contribution in [3.63, 3.8) is 0 Å². The second kappa shape index (κ2) is 5.71. The summed E-state index contributed by atoms with van der Waals surface area (Å²) in [5.74, 6) is 0. The van der Waals surface area contributed by atoms with Crippen LogP contribution < -0.4 is 9.62 Å². The number of para-hydroxylation sites is 1. The maximum atomic E-state index is 12.7. The Bertz CT molecular complexity index is 541. The summed E-state index contributed by atoms with van der Waals surface area (Å²) in [5.41, 5.74) is 0.761. The van der Waals surface area contributed by atoms with Crippen molar-refractivity contribution in [3.05, 3.63) is 30.3 Å². The van der Waals surface area contributed by atoms with Crippen LogP contribution in [0.2, 0.25) is 0 Å². The zero-order valence-corrected chi connectivity index (χ0v) is 12.3. The fourth-order valence-electron chi connectivity index (χ4n) is 2.96. The molecule has 110 valence electrons. The van der Waals surface area contributed by atoms with E-state index in [0.717, 1.165) is 31.5 Å². The van der Waals surface area contributed by atoms with Gasteiger partial charge in [-0.05, 0) is 37.9 Å². The van der Waals surface area contributed by atoms with Gasteiger partial charge in [0.15, 0.2) is 0 Å². The molecular formula is C14H21N3O2S. The van der Waals surface area contributed by atoms with Gasteiger partial charge in [-0.2, -0.15) is 12.7 Å². The lowest BCUT2D eigenvalue weighted by molar-refractivity contribution is 0.351. The molecule has 1 aromatic rings. The minimum absolute atomic E-state index is 0.306. The van der Waals surface area contributed by atoms with Crippen LogP contribution in [0.5, 0.6) is 0 Å². The predicted octanol–water partition coefficient (Wildman–Crippen LogP) is 1.20. The molecule has 0 radical (unpaired) electrons. The van der Waals surface area contributed by atoms with E-state index in [1.165, 1.54) is 4.31 Å². The number of benzene rings is 1. The highest BCUT2D eigenvalue weighted by molar-refractivity contribution is 7.90. The predicted molar refractivity (Wildman–Crippen MR) is 79.9 cm³/mol. The molecule has 0 spiro atoms. The van der Waals surface area contributed by atoms with Crippen LogP contribution in [0.3, 0.4) is 0 Å². The van der Waals surface area contributed by atoms with Crippen LogP contribution >= 0.6 is 0 Å². The molecule has 20 heavy (non-hydrogen) atoms. The van der Waals surface area contributed by atoms with E-state index in [9.17, 15) is 8.42 Å². The zero-order valence-electron chi connectivity index (χ0n) is 11.5. The maximum absolute atomic E-state index is 12.7. The van der Waals surface area contributed by atoms with Crippen molar-refractivity contribution in [2.24, 2.45) is 0 Å². The molecule has 0 saturated carbocycles. The first-order valence-corrected chi connectivity index (χ1v) is 8.64. The Morgan fingerprint density at radius 3 is 2.65 bits per heavy atom. The lowest BCUT2D eigenvalue weighted by Crippen LogP contribution is -2.52. The van der Waals surface area contributed by atoms with Gasteiger partial charge < -0.3 is 5.32 Å². The molecule has 3 rings (SSSR count). The molecule has 2 fully saturated rings. The van der Waals surface area contributed by atoms with E-state index in [0.29, 0.717) is 25.7 Å². The minimum atomic E-state index is -3.38. The summed E-state index contributed by atoms with van der Waals surface area (Å²) in [6, 6.07) is 9.68. The van der Waals surface area contributed by atoms with Crippen molar-refractivity contribution in [3.8, 4) is 0 Å². The zero-order chi connectivity index (χ0) is 14.0. The van der Waals surface area contributed by atoms with Crippen molar-refractivity contribution < 1.29 is 8.42 Å². The van der Waals surface area contributed by atoms with E-state index in [-0.39, 0.29) is 0 Å². The molecule has 2 saturated heterocycles. The summed E-state index contributed by atoms with van der Waals surface area (Å²) in [7, 11) is -3.38. The number of hydrogen-bond donors (Lipinski definition) is 1. The molecule has 2 heterocycles. The molecule has 5 nitrogen and oxygen atoms in total. The SMILES string of the molecule is O=S1(=O)N(CC2CCCN2)CCCN1c1ccccc1. The van der Waals surface area contributed by atoms with Crippen molar-refractivity contribution in [2.75, 3.05) is 30.5 Å². The Labute approximate surface area is 120 Å². The van der Waals surface area contributed by atoms with Crippen LogP contribution in [0, 0.1) is 0 Å². The Balaban J connectivity index is 1.79. The van der Waals surface area contributed by atoms with Crippen molar-refractivity contribution in [1.29, 1.82) is 0 Å². The highest BCUT2D eigenvalue weighted by atomic mass is 32.2. The molecule has 6 heteroatoms. The van der Waals surface area contributed by atoms with E-state index in [1.54, 1.807) is 4.31 Å². The topological polar surface area (TPSA) is 52.7 Å². The van der Waals surface area contributed by atoms with Gasteiger partial charge in [0.2, 0.25) is 0 Å². The highest BCUT2D eigenvalue weighted by Crippen LogP contribution is 2.25. The smallest absolute Gasteiger partial charge is 0.304 e. The number of anilines is 1. The van der Waals surface area contributed by atoms with Crippen LogP contribution in [-0.2, 0) is 10.2 Å². The molecule has 0 aromatic heterocycles. The average Bonchev–Trinajstić information content (AvgIpc) is 2.95. The van der Waals surface area contributed by atoms with Gasteiger partial charge in [0.25, 0.3) is 0 Å². The van der Waals surface area contributed by atoms with Gasteiger partial charge in [-0.15, -0.1) is 0 Å². The van der Waals surface area contributed by atoms with Gasteiger partial charge in [-0.3, -0.25) is 4.31 Å². The van der Waals surface area contributed by atoms with Crippen LogP contribution in [0.25, 0.3) is 0 Å². The van der Waals surface area contributed by atoms with E-state index in [1.807, 2.05) is 30.3 Å². The fraction of sp³-hybridized carbons (Fsp3) is 0.571. The van der Waals surface area contributed by atoms with Crippen LogP contribution in [0.4, 0.5) is 5.69 Å². The number of hydrogen-bond acceptors (Lipinski definition) is 3. The van der Waals surface area contributed by atoms with Gasteiger partial charge >= 0.3 is 10.2 Å². The lowest BCUT2D eigenvalue weighted by atomic mass is 10.2. The van der Waals surface area contributed by atoms with Crippen molar-refractivity contribution in [1.82, 2.24) is 9.62 Å². The molecule has 0 amide bonds. The first-order valence-electron chi connectivity index (χ1n) is 7.24. The second-order valence-electron chi connectivity index (χ2n) is 5.42. The van der Waals surface area contributed by atoms with E-state index in [2.05, 4.69) is 5.32 Å². The highest BCUT2D eigenvalue weighted by Gasteiger charge is 2.35. The third-order valence-corrected chi connectivity index (χ3v) is 5.94. The Morgan fingerprint density at radius 2 is 1.95 bits per heavy atom. The van der Waals surface area contributed by atoms with Crippen LogP contribution in [-0.4, -0.2) is 44.9 Å². The monoisotopic (exact) mass is 295 g/mol. The molecule has 2 aliphatic rings. The van der Waals surface area contributed by atoms with Gasteiger partial charge in [-0.25, -0.2) is 0 Å². The molecule has 2 aliphatic heterocycles. The summed E-state index contributed by atoms with van der Waals surface area (Å²) < 4.78 is 28.6. The molecule has 1 unspecified atom stereocenters. The van der Waals surface area contributed by atoms with E-state index in [4.69, 9.17) is 0 Å².